The molecule has 0 aliphatic carbocycles. The number of aromatic amines is 2. The lowest BCUT2D eigenvalue weighted by molar-refractivity contribution is -0.192. The summed E-state index contributed by atoms with van der Waals surface area (Å²) < 4.78 is 60.0. The zero-order valence-corrected chi connectivity index (χ0v) is 29.1. The van der Waals surface area contributed by atoms with Gasteiger partial charge in [0.25, 0.3) is 0 Å². The van der Waals surface area contributed by atoms with E-state index in [0.29, 0.717) is 18.7 Å². The minimum atomic E-state index is -5.08. The smallest absolute Gasteiger partial charge is 0.490 e. The van der Waals surface area contributed by atoms with Gasteiger partial charge in [-0.3, -0.25) is 9.59 Å². The van der Waals surface area contributed by atoms with E-state index in [4.69, 9.17) is 14.6 Å². The molecule has 0 bridgehead atoms. The summed E-state index contributed by atoms with van der Waals surface area (Å²) in [5, 5.41) is 13.5. The number of methoxy groups -OCH3 is 1. The van der Waals surface area contributed by atoms with Crippen molar-refractivity contribution >= 4 is 49.2 Å². The van der Waals surface area contributed by atoms with Crippen molar-refractivity contribution in [2.24, 2.45) is 0 Å². The molecule has 5 rings (SSSR count). The molecule has 0 fully saturated rings. The molecule has 2 aromatic heterocycles. The number of sulfone groups is 1. The van der Waals surface area contributed by atoms with Crippen LogP contribution in [0.4, 0.5) is 13.2 Å². The van der Waals surface area contributed by atoms with Crippen LogP contribution >= 0.6 is 0 Å². The third-order valence-electron chi connectivity index (χ3n) is 8.10. The fraction of sp³-hybridized carbons (Fsp3) is 0.333. The Morgan fingerprint density at radius 3 is 2.35 bits per heavy atom. The number of alkyl halides is 3. The van der Waals surface area contributed by atoms with E-state index in [1.54, 1.807) is 13.3 Å². The van der Waals surface area contributed by atoms with E-state index in [1.165, 1.54) is 0 Å². The number of aryl methyl sites for hydroxylation is 1. The van der Waals surface area contributed by atoms with Crippen LogP contribution in [0, 0.1) is 6.92 Å². The van der Waals surface area contributed by atoms with Crippen LogP contribution in [-0.2, 0) is 30.6 Å². The Bertz CT molecular complexity index is 2120. The highest BCUT2D eigenvalue weighted by atomic mass is 32.2. The number of hydrogen-bond acceptors (Lipinski definition) is 7. The number of nitrogens with zero attached hydrogens (tertiary/aromatic N) is 1. The molecule has 0 aliphatic rings. The molecule has 3 aromatic carbocycles. The van der Waals surface area contributed by atoms with E-state index < -0.39 is 27.7 Å². The molecule has 5 aromatic rings. The molecule has 0 radical (unpaired) electrons. The number of ether oxygens (including phenoxy) is 1. The number of imidazole rings is 1. The molecule has 0 aliphatic heterocycles. The highest BCUT2D eigenvalue weighted by Crippen LogP contribution is 2.29. The van der Waals surface area contributed by atoms with Crippen LogP contribution in [0.5, 0.6) is 5.75 Å². The second-order valence-electron chi connectivity index (χ2n) is 12.2. The van der Waals surface area contributed by atoms with Crippen LogP contribution < -0.4 is 10.1 Å². The maximum atomic E-state index is 13.5. The Kier molecular flexibility index (Phi) is 12.6. The summed E-state index contributed by atoms with van der Waals surface area (Å²) in [6, 6.07) is 19.8. The van der Waals surface area contributed by atoms with Gasteiger partial charge in [-0.05, 0) is 60.4 Å². The normalized spacial score (nSPS) is 12.3. The lowest BCUT2D eigenvalue weighted by atomic mass is 10.0. The number of aliphatic carboxylic acids is 1. The molecule has 2 heterocycles. The number of carboxylic acid groups (broad SMARTS) is 1. The van der Waals surface area contributed by atoms with Gasteiger partial charge in [0.05, 0.1) is 31.5 Å². The first-order chi connectivity index (χ1) is 24.0. The Hall–Kier alpha value is -5.18. The van der Waals surface area contributed by atoms with Crippen molar-refractivity contribution in [1.82, 2.24) is 20.3 Å². The van der Waals surface area contributed by atoms with Gasteiger partial charge in [-0.15, -0.1) is 0 Å². The number of H-pyrrole nitrogens is 2. The highest BCUT2D eigenvalue weighted by molar-refractivity contribution is 7.91. The summed E-state index contributed by atoms with van der Waals surface area (Å²) in [7, 11) is -1.70. The Morgan fingerprint density at radius 2 is 1.69 bits per heavy atom. The number of amides is 1. The third-order valence-corrected chi connectivity index (χ3v) is 8.95. The van der Waals surface area contributed by atoms with Gasteiger partial charge in [-0.25, -0.2) is 18.2 Å². The van der Waals surface area contributed by atoms with Gasteiger partial charge in [0.2, 0.25) is 5.91 Å². The number of nitrogens with one attached hydrogen (secondary N) is 3. The molecule has 0 unspecified atom stereocenters. The van der Waals surface area contributed by atoms with Crippen molar-refractivity contribution in [2.75, 3.05) is 19.1 Å². The number of halogens is 3. The van der Waals surface area contributed by atoms with Crippen LogP contribution in [0.3, 0.4) is 0 Å². The number of fused-ring (bicyclic) bond motifs is 2. The molecule has 15 heteroatoms. The van der Waals surface area contributed by atoms with Crippen molar-refractivity contribution in [3.63, 3.8) is 0 Å². The monoisotopic (exact) mass is 728 g/mol. The second kappa shape index (κ2) is 16.7. The first kappa shape index (κ1) is 38.6. The molecular weight excluding hydrogens is 689 g/mol. The zero-order valence-electron chi connectivity index (χ0n) is 28.3. The Labute approximate surface area is 292 Å². The lowest BCUT2D eigenvalue weighted by Gasteiger charge is -2.17. The van der Waals surface area contributed by atoms with Gasteiger partial charge < -0.3 is 25.1 Å². The molecule has 0 saturated carbocycles. The molecule has 4 N–H and O–H groups in total. The number of benzene rings is 3. The lowest BCUT2D eigenvalue weighted by Crippen LogP contribution is -2.30. The SMILES string of the molecule is COc1ccc2[nH]c(C)c(CC(=O)N[C@@H](CCCCCC(=O)CS(C)(=O)=O)c3ncc(-c4ccc5ccccc5c4)[nH]3)c2c1.O=C(O)C(F)(F)F. The minimum absolute atomic E-state index is 0.131. The summed E-state index contributed by atoms with van der Waals surface area (Å²) in [6.45, 7) is 1.96. The number of unbranched alkanes of at least 4 members (excludes halogenated alkanes) is 2. The molecule has 1 amide bonds. The molecule has 0 saturated heterocycles. The van der Waals surface area contributed by atoms with Gasteiger partial charge in [0.1, 0.15) is 23.1 Å². The molecule has 51 heavy (non-hydrogen) atoms. The summed E-state index contributed by atoms with van der Waals surface area (Å²) in [5.41, 5.74) is 4.64. The van der Waals surface area contributed by atoms with E-state index >= 15 is 0 Å². The van der Waals surface area contributed by atoms with Gasteiger partial charge in [0, 0.05) is 34.8 Å². The first-order valence-corrected chi connectivity index (χ1v) is 18.1. The average Bonchev–Trinajstić information content (AvgIpc) is 3.67. The van der Waals surface area contributed by atoms with E-state index in [2.05, 4.69) is 50.6 Å². The number of hydrogen-bond donors (Lipinski definition) is 4. The first-order valence-electron chi connectivity index (χ1n) is 16.0. The van der Waals surface area contributed by atoms with Crippen LogP contribution in [0.2, 0.25) is 0 Å². The molecule has 0 spiro atoms. The Morgan fingerprint density at radius 1 is 0.980 bits per heavy atom. The van der Waals surface area contributed by atoms with E-state index in [-0.39, 0.29) is 30.6 Å². The molecule has 11 nitrogen and oxygen atoms in total. The van der Waals surface area contributed by atoms with Crippen molar-refractivity contribution in [1.29, 1.82) is 0 Å². The highest BCUT2D eigenvalue weighted by Gasteiger charge is 2.38. The summed E-state index contributed by atoms with van der Waals surface area (Å²) in [4.78, 5) is 45.8. The minimum Gasteiger partial charge on any atom is -0.497 e. The number of ketones is 1. The number of aromatic nitrogens is 3. The van der Waals surface area contributed by atoms with Gasteiger partial charge in [-0.1, -0.05) is 49.2 Å². The second-order valence-corrected chi connectivity index (χ2v) is 14.3. The fourth-order valence-corrected chi connectivity index (χ4v) is 6.36. The quantitative estimate of drug-likeness (QED) is 0.0924. The predicted molar refractivity (Wildman–Crippen MR) is 187 cm³/mol. The van der Waals surface area contributed by atoms with Crippen LogP contribution in [-0.4, -0.2) is 71.4 Å². The summed E-state index contributed by atoms with van der Waals surface area (Å²) >= 11 is 0. The van der Waals surface area contributed by atoms with Crippen molar-refractivity contribution < 1.29 is 45.8 Å². The van der Waals surface area contributed by atoms with Crippen molar-refractivity contribution in [3.8, 4) is 17.0 Å². The van der Waals surface area contributed by atoms with Crippen molar-refractivity contribution in [3.05, 3.63) is 83.9 Å². The van der Waals surface area contributed by atoms with E-state index in [1.807, 2.05) is 37.3 Å². The van der Waals surface area contributed by atoms with Crippen molar-refractivity contribution in [2.45, 2.75) is 57.7 Å². The number of carboxylic acids is 1. The number of rotatable bonds is 14. The summed E-state index contributed by atoms with van der Waals surface area (Å²) in [6.07, 6.45) is 0.839. The van der Waals surface area contributed by atoms with Crippen LogP contribution in [0.25, 0.3) is 32.9 Å². The maximum Gasteiger partial charge on any atom is 0.490 e. The van der Waals surface area contributed by atoms with Gasteiger partial charge in [0.15, 0.2) is 9.84 Å². The zero-order chi connectivity index (χ0) is 37.3. The van der Waals surface area contributed by atoms with Crippen LogP contribution in [0.1, 0.15) is 55.2 Å². The molecule has 272 valence electrons. The molecule has 1 atom stereocenters. The Balaban J connectivity index is 0.000000755. The topological polar surface area (TPSA) is 171 Å². The third kappa shape index (κ3) is 11.2. The predicted octanol–water partition coefficient (Wildman–Crippen LogP) is 6.63. The van der Waals surface area contributed by atoms with E-state index in [0.717, 1.165) is 69.0 Å². The van der Waals surface area contributed by atoms with E-state index in [9.17, 15) is 31.2 Å². The summed E-state index contributed by atoms with van der Waals surface area (Å²) in [5.74, 6) is -2.19. The maximum absolute atomic E-state index is 13.5. The van der Waals surface area contributed by atoms with Gasteiger partial charge >= 0.3 is 12.1 Å². The van der Waals surface area contributed by atoms with Gasteiger partial charge in [-0.2, -0.15) is 13.2 Å². The largest absolute Gasteiger partial charge is 0.497 e. The fourth-order valence-electron chi connectivity index (χ4n) is 5.63. The number of Topliss-reactive ketones (excluding diaryl/α,β-unsaturated/α-hetero) is 1. The number of carbonyl (C=O) groups excluding carboxylic acids is 2. The average molecular weight is 729 g/mol. The standard InChI is InChI=1S/C34H38N4O5S.C2HF3O2/c1-22-28(29-18-27(43-2)15-16-30(29)36-22)19-33(40)37-31(12-6-4-5-11-26(39)21-44(3,41)42)34-35-20-32(38-34)25-14-13-23-9-7-8-10-24(23)17-25;3-2(4,5)1(6)7/h7-10,13-18,20,31,36H,4-6,11-12,19,21H2,1-3H3,(H,35,38)(H,37,40);(H,6,7)/t31-;/m0./s1. The van der Waals surface area contributed by atoms with Crippen LogP contribution in [0.15, 0.2) is 66.9 Å². The molecular formula is C36H39F3N4O7S. The number of carbonyl (C=O) groups is 3.